The summed E-state index contributed by atoms with van der Waals surface area (Å²) in [5.74, 6) is 3.52. The second-order valence-electron chi connectivity index (χ2n) is 11.0. The van der Waals surface area contributed by atoms with Crippen molar-refractivity contribution >= 4 is 0 Å². The van der Waals surface area contributed by atoms with E-state index in [9.17, 15) is 4.39 Å². The monoisotopic (exact) mass is 369 g/mol. The van der Waals surface area contributed by atoms with Crippen molar-refractivity contribution in [3.63, 3.8) is 0 Å². The maximum atomic E-state index is 13.5. The first kappa shape index (κ1) is 18.2. The van der Waals surface area contributed by atoms with Crippen molar-refractivity contribution in [2.24, 2.45) is 29.1 Å². The first-order chi connectivity index (χ1) is 13.0. The van der Waals surface area contributed by atoms with E-state index < -0.39 is 0 Å². The third kappa shape index (κ3) is 3.16. The Kier molecular flexibility index (Phi) is 4.42. The molecule has 4 bridgehead atoms. The lowest BCUT2D eigenvalue weighted by Gasteiger charge is -2.64. The molecule has 5 fully saturated rings. The molecule has 3 atom stereocenters. The number of piperidine rings is 1. The second-order valence-corrected chi connectivity index (χ2v) is 11.0. The van der Waals surface area contributed by atoms with Crippen LogP contribution in [-0.2, 0) is 5.41 Å². The highest BCUT2D eigenvalue weighted by atomic mass is 19.1. The molecular weight excluding hydrogens is 333 g/mol. The summed E-state index contributed by atoms with van der Waals surface area (Å²) >= 11 is 0. The Hall–Kier alpha value is -0.890. The summed E-state index contributed by atoms with van der Waals surface area (Å²) in [6.07, 6.45) is 12.7. The highest BCUT2D eigenvalue weighted by molar-refractivity contribution is 5.31. The van der Waals surface area contributed by atoms with Crippen LogP contribution in [-0.4, -0.2) is 25.0 Å². The minimum atomic E-state index is -0.0890. The third-order valence-electron chi connectivity index (χ3n) is 9.13. The molecule has 1 aromatic rings. The molecule has 148 valence electrons. The highest BCUT2D eigenvalue weighted by Gasteiger charge is 2.59. The van der Waals surface area contributed by atoms with Gasteiger partial charge < -0.3 is 4.90 Å². The van der Waals surface area contributed by atoms with Crippen LogP contribution in [0.4, 0.5) is 4.39 Å². The van der Waals surface area contributed by atoms with E-state index >= 15 is 0 Å². The minimum Gasteiger partial charge on any atom is -0.306 e. The molecule has 27 heavy (non-hydrogen) atoms. The fourth-order valence-electron chi connectivity index (χ4n) is 8.10. The summed E-state index contributed by atoms with van der Waals surface area (Å²) in [4.78, 5) is 2.50. The van der Waals surface area contributed by atoms with E-state index in [1.165, 1.54) is 76.4 Å². The Balaban J connectivity index is 1.38. The first-order valence-electron chi connectivity index (χ1n) is 11.4. The number of hydrogen-bond acceptors (Lipinski definition) is 1. The predicted octanol–water partition coefficient (Wildman–Crippen LogP) is 6.03. The van der Waals surface area contributed by atoms with Gasteiger partial charge in [-0.2, -0.15) is 0 Å². The Bertz CT molecular complexity index is 658. The first-order valence-corrected chi connectivity index (χ1v) is 11.4. The van der Waals surface area contributed by atoms with Gasteiger partial charge in [-0.25, -0.2) is 4.39 Å². The zero-order valence-corrected chi connectivity index (χ0v) is 17.2. The molecule has 0 N–H and O–H groups in total. The molecule has 5 aliphatic rings. The predicted molar refractivity (Wildman–Crippen MR) is 109 cm³/mol. The van der Waals surface area contributed by atoms with Crippen molar-refractivity contribution in [3.05, 3.63) is 35.6 Å². The Morgan fingerprint density at radius 2 is 1.67 bits per heavy atom. The minimum absolute atomic E-state index is 0.0890. The zero-order valence-electron chi connectivity index (χ0n) is 17.2. The molecule has 0 amide bonds. The molecule has 1 aliphatic heterocycles. The third-order valence-corrected chi connectivity index (χ3v) is 9.13. The summed E-state index contributed by atoms with van der Waals surface area (Å²) in [7, 11) is 2.27. The molecule has 4 aliphatic carbocycles. The molecule has 3 unspecified atom stereocenters. The fourth-order valence-corrected chi connectivity index (χ4v) is 8.10. The Labute approximate surface area is 164 Å². The van der Waals surface area contributed by atoms with E-state index in [0.717, 1.165) is 23.7 Å². The summed E-state index contributed by atoms with van der Waals surface area (Å²) in [6.45, 7) is 5.16. The number of likely N-dealkylation sites (tertiary alicyclic amines) is 1. The van der Waals surface area contributed by atoms with Gasteiger partial charge in [0.15, 0.2) is 0 Å². The van der Waals surface area contributed by atoms with Gasteiger partial charge in [0.1, 0.15) is 5.82 Å². The van der Waals surface area contributed by atoms with Crippen molar-refractivity contribution in [2.75, 3.05) is 20.1 Å². The van der Waals surface area contributed by atoms with E-state index in [-0.39, 0.29) is 5.82 Å². The lowest BCUT2D eigenvalue weighted by Crippen LogP contribution is -2.56. The molecule has 0 spiro atoms. The van der Waals surface area contributed by atoms with Crippen LogP contribution in [0.25, 0.3) is 0 Å². The van der Waals surface area contributed by atoms with Gasteiger partial charge in [-0.1, -0.05) is 19.1 Å². The fraction of sp³-hybridized carbons (Fsp3) is 0.760. The van der Waals surface area contributed by atoms with E-state index in [1.54, 1.807) is 12.1 Å². The van der Waals surface area contributed by atoms with Crippen LogP contribution in [0.15, 0.2) is 24.3 Å². The zero-order chi connectivity index (χ0) is 18.6. The average Bonchev–Trinajstić information content (AvgIpc) is 2.63. The highest BCUT2D eigenvalue weighted by Crippen LogP contribution is 2.68. The quantitative estimate of drug-likeness (QED) is 0.626. The van der Waals surface area contributed by atoms with Gasteiger partial charge in [-0.15, -0.1) is 0 Å². The molecule has 0 radical (unpaired) electrons. The molecular formula is C25H36FN. The normalized spacial score (nSPS) is 40.4. The van der Waals surface area contributed by atoms with Crippen molar-refractivity contribution in [2.45, 2.75) is 70.1 Å². The molecule has 1 saturated heterocycles. The van der Waals surface area contributed by atoms with Gasteiger partial charge in [0, 0.05) is 0 Å². The van der Waals surface area contributed by atoms with Crippen LogP contribution >= 0.6 is 0 Å². The Morgan fingerprint density at radius 1 is 1.04 bits per heavy atom. The SMILES string of the molecule is CC(CC1CCN(C)CC1)C12CC3CC(CC(c4ccc(F)cc4)(C3)C1)C2. The number of hydrogen-bond donors (Lipinski definition) is 0. The maximum Gasteiger partial charge on any atom is 0.123 e. The van der Waals surface area contributed by atoms with Crippen molar-refractivity contribution in [1.82, 2.24) is 4.90 Å². The van der Waals surface area contributed by atoms with Gasteiger partial charge in [-0.3, -0.25) is 0 Å². The molecule has 1 heterocycles. The molecule has 4 saturated carbocycles. The molecule has 1 aromatic carbocycles. The number of rotatable bonds is 4. The number of nitrogens with zero attached hydrogens (tertiary/aromatic N) is 1. The average molecular weight is 370 g/mol. The summed E-state index contributed by atoms with van der Waals surface area (Å²) < 4.78 is 13.5. The summed E-state index contributed by atoms with van der Waals surface area (Å²) in [6, 6.07) is 7.61. The van der Waals surface area contributed by atoms with Gasteiger partial charge in [0.25, 0.3) is 0 Å². The van der Waals surface area contributed by atoms with Crippen LogP contribution < -0.4 is 0 Å². The largest absolute Gasteiger partial charge is 0.306 e. The second kappa shape index (κ2) is 6.58. The number of halogens is 1. The number of benzene rings is 1. The molecule has 6 rings (SSSR count). The molecule has 1 nitrogen and oxygen atoms in total. The topological polar surface area (TPSA) is 3.24 Å². The van der Waals surface area contributed by atoms with Crippen LogP contribution in [0.5, 0.6) is 0 Å². The smallest absolute Gasteiger partial charge is 0.123 e. The van der Waals surface area contributed by atoms with Gasteiger partial charge in [0.05, 0.1) is 0 Å². The van der Waals surface area contributed by atoms with Gasteiger partial charge >= 0.3 is 0 Å². The van der Waals surface area contributed by atoms with Crippen molar-refractivity contribution in [3.8, 4) is 0 Å². The van der Waals surface area contributed by atoms with E-state index in [2.05, 4.69) is 31.0 Å². The lowest BCUT2D eigenvalue weighted by molar-refractivity contribution is -0.105. The van der Waals surface area contributed by atoms with Crippen LogP contribution in [0, 0.1) is 34.9 Å². The maximum absolute atomic E-state index is 13.5. The van der Waals surface area contributed by atoms with Crippen molar-refractivity contribution < 1.29 is 4.39 Å². The van der Waals surface area contributed by atoms with E-state index in [0.29, 0.717) is 10.8 Å². The summed E-state index contributed by atoms with van der Waals surface area (Å²) in [5.41, 5.74) is 2.34. The Morgan fingerprint density at radius 3 is 2.30 bits per heavy atom. The summed E-state index contributed by atoms with van der Waals surface area (Å²) in [5, 5.41) is 0. The van der Waals surface area contributed by atoms with Gasteiger partial charge in [-0.05, 0) is 130 Å². The van der Waals surface area contributed by atoms with Crippen LogP contribution in [0.2, 0.25) is 0 Å². The standard InChI is InChI=1S/C25H36FN/c1-18(11-19-7-9-27(2)10-8-19)24-13-20-12-21(14-24)16-25(15-20,17-24)22-3-5-23(26)6-4-22/h3-6,18-21H,7-17H2,1-2H3. The van der Waals surface area contributed by atoms with Crippen molar-refractivity contribution in [1.29, 1.82) is 0 Å². The molecule has 2 heteroatoms. The van der Waals surface area contributed by atoms with E-state index in [1.807, 2.05) is 0 Å². The van der Waals surface area contributed by atoms with Crippen LogP contribution in [0.3, 0.4) is 0 Å². The van der Waals surface area contributed by atoms with Crippen LogP contribution in [0.1, 0.15) is 70.3 Å². The molecule has 0 aromatic heterocycles. The lowest BCUT2D eigenvalue weighted by atomic mass is 9.40. The van der Waals surface area contributed by atoms with Gasteiger partial charge in [0.2, 0.25) is 0 Å². The van der Waals surface area contributed by atoms with E-state index in [4.69, 9.17) is 0 Å².